The average Bonchev–Trinajstić information content (AvgIpc) is 3.27. The predicted molar refractivity (Wildman–Crippen MR) is 102 cm³/mol. The van der Waals surface area contributed by atoms with Crippen molar-refractivity contribution in [3.8, 4) is 6.07 Å². The Balaban J connectivity index is 1.90. The van der Waals surface area contributed by atoms with Gasteiger partial charge in [-0.2, -0.15) is 5.26 Å². The van der Waals surface area contributed by atoms with E-state index in [1.807, 2.05) is 12.3 Å². The Morgan fingerprint density at radius 3 is 2.88 bits per heavy atom. The van der Waals surface area contributed by atoms with Crippen molar-refractivity contribution < 1.29 is 0 Å². The summed E-state index contributed by atoms with van der Waals surface area (Å²) in [4.78, 5) is 12.4. The van der Waals surface area contributed by atoms with Crippen molar-refractivity contribution >= 4 is 33.7 Å². The molecule has 0 amide bonds. The highest BCUT2D eigenvalue weighted by atomic mass is 32.2. The number of hydrogen-bond donors (Lipinski definition) is 3. The Morgan fingerprint density at radius 1 is 1.28 bits per heavy atom. The fourth-order valence-electron chi connectivity index (χ4n) is 3.27. The van der Waals surface area contributed by atoms with Crippen LogP contribution in [0.5, 0.6) is 0 Å². The maximum absolute atomic E-state index is 9.06. The van der Waals surface area contributed by atoms with Crippen LogP contribution in [-0.2, 0) is 0 Å². The molecule has 0 saturated heterocycles. The predicted octanol–water partition coefficient (Wildman–Crippen LogP) is 3.99. The molecule has 2 aromatic heterocycles. The minimum absolute atomic E-state index is 0.376. The molecule has 0 radical (unpaired) electrons. The minimum atomic E-state index is -0.376. The van der Waals surface area contributed by atoms with Crippen molar-refractivity contribution in [3.63, 3.8) is 0 Å². The number of rotatable bonds is 3. The maximum Gasteiger partial charge on any atom is 0.128 e. The van der Waals surface area contributed by atoms with Crippen molar-refractivity contribution in [3.05, 3.63) is 59.0 Å². The van der Waals surface area contributed by atoms with E-state index in [0.29, 0.717) is 11.4 Å². The van der Waals surface area contributed by atoms with Gasteiger partial charge in [0.25, 0.3) is 0 Å². The summed E-state index contributed by atoms with van der Waals surface area (Å²) in [5.41, 5.74) is 12.2. The first-order chi connectivity index (χ1) is 12.1. The lowest BCUT2D eigenvalue weighted by molar-refractivity contribution is 0.796. The fraction of sp³-hybridized carbons (Fsp3) is 0.158. The van der Waals surface area contributed by atoms with Crippen LogP contribution in [0.15, 0.2) is 41.4 Å². The number of H-pyrrole nitrogens is 2. The van der Waals surface area contributed by atoms with Crippen LogP contribution >= 0.6 is 11.8 Å². The van der Waals surface area contributed by atoms with E-state index in [4.69, 9.17) is 11.0 Å². The van der Waals surface area contributed by atoms with Gasteiger partial charge < -0.3 is 15.7 Å². The second kappa shape index (κ2) is 5.96. The second-order valence-corrected chi connectivity index (χ2v) is 6.87. The first kappa shape index (κ1) is 15.8. The highest BCUT2D eigenvalue weighted by Gasteiger charge is 2.21. The second-order valence-electron chi connectivity index (χ2n) is 6.02. The van der Waals surface area contributed by atoms with Crippen LogP contribution in [0.1, 0.15) is 28.6 Å². The topological polar surface area (TPSA) is 94.3 Å². The van der Waals surface area contributed by atoms with Gasteiger partial charge in [0.15, 0.2) is 0 Å². The first-order valence-corrected chi connectivity index (χ1v) is 9.14. The van der Waals surface area contributed by atoms with E-state index in [0.717, 1.165) is 32.4 Å². The van der Waals surface area contributed by atoms with Crippen molar-refractivity contribution in [2.24, 2.45) is 5.73 Å². The first-order valence-electron chi connectivity index (χ1n) is 7.92. The van der Waals surface area contributed by atoms with Crippen molar-refractivity contribution in [1.29, 1.82) is 5.26 Å². The Labute approximate surface area is 149 Å². The van der Waals surface area contributed by atoms with Gasteiger partial charge in [-0.25, -0.2) is 4.98 Å². The van der Waals surface area contributed by atoms with Crippen LogP contribution in [-0.4, -0.2) is 21.2 Å². The van der Waals surface area contributed by atoms with Crippen molar-refractivity contribution in [2.75, 3.05) is 6.26 Å². The van der Waals surface area contributed by atoms with Gasteiger partial charge in [-0.15, -0.1) is 11.8 Å². The van der Waals surface area contributed by atoms with Crippen molar-refractivity contribution in [1.82, 2.24) is 15.0 Å². The van der Waals surface area contributed by atoms with Gasteiger partial charge >= 0.3 is 0 Å². The lowest BCUT2D eigenvalue weighted by Gasteiger charge is -2.16. The monoisotopic (exact) mass is 347 g/mol. The standard InChI is InChI=1S/C19H17N5S/c1-10-7-15(25-2)16(12-5-6-22-18(10)12)17(21)19-23-13-4-3-11(9-20)8-14(13)24-19/h3-8,17,22H,21H2,1-2H3,(H,23,24). The van der Waals surface area contributed by atoms with E-state index in [1.54, 1.807) is 23.9 Å². The van der Waals surface area contributed by atoms with E-state index >= 15 is 0 Å². The number of nitrogens with zero attached hydrogens (tertiary/aromatic N) is 2. The molecule has 2 aromatic carbocycles. The molecule has 4 aromatic rings. The summed E-state index contributed by atoms with van der Waals surface area (Å²) >= 11 is 1.69. The number of thioether (sulfide) groups is 1. The Bertz CT molecular complexity index is 1130. The number of nitrogens with one attached hydrogen (secondary N) is 2. The van der Waals surface area contributed by atoms with Crippen LogP contribution < -0.4 is 5.73 Å². The molecule has 5 nitrogen and oxygen atoms in total. The molecule has 0 aliphatic rings. The summed E-state index contributed by atoms with van der Waals surface area (Å²) in [6.45, 7) is 2.10. The molecule has 1 atom stereocenters. The molecule has 25 heavy (non-hydrogen) atoms. The maximum atomic E-state index is 9.06. The molecule has 0 aliphatic heterocycles. The van der Waals surface area contributed by atoms with Crippen LogP contribution in [0.3, 0.4) is 0 Å². The number of benzene rings is 2. The number of aromatic nitrogens is 3. The highest BCUT2D eigenvalue weighted by Crippen LogP contribution is 2.36. The van der Waals surface area contributed by atoms with Gasteiger partial charge in [0.1, 0.15) is 5.82 Å². The summed E-state index contributed by atoms with van der Waals surface area (Å²) in [6, 6.07) is 11.4. The fourth-order valence-corrected chi connectivity index (χ4v) is 4.02. The number of imidazole rings is 1. The third-order valence-electron chi connectivity index (χ3n) is 4.50. The number of fused-ring (bicyclic) bond motifs is 2. The third-order valence-corrected chi connectivity index (χ3v) is 5.28. The van der Waals surface area contributed by atoms with Gasteiger partial charge in [0.2, 0.25) is 0 Å². The minimum Gasteiger partial charge on any atom is -0.361 e. The van der Waals surface area contributed by atoms with Gasteiger partial charge in [-0.05, 0) is 54.6 Å². The lowest BCUT2D eigenvalue weighted by Crippen LogP contribution is -2.15. The number of nitrogens with two attached hydrogens (primary N) is 1. The van der Waals surface area contributed by atoms with E-state index in [2.05, 4.69) is 46.3 Å². The van der Waals surface area contributed by atoms with Crippen LogP contribution in [0.25, 0.3) is 21.9 Å². The number of aryl methyl sites for hydroxylation is 1. The van der Waals surface area contributed by atoms with Crippen LogP contribution in [0.2, 0.25) is 0 Å². The molecular weight excluding hydrogens is 330 g/mol. The number of hydrogen-bond acceptors (Lipinski definition) is 4. The number of aromatic amines is 2. The Hall–Kier alpha value is -2.75. The van der Waals surface area contributed by atoms with Crippen molar-refractivity contribution in [2.45, 2.75) is 17.9 Å². The number of nitriles is 1. The molecule has 0 spiro atoms. The molecule has 4 rings (SSSR count). The third kappa shape index (κ3) is 2.49. The van der Waals surface area contributed by atoms with E-state index in [-0.39, 0.29) is 6.04 Å². The zero-order chi connectivity index (χ0) is 17.6. The Morgan fingerprint density at radius 2 is 2.12 bits per heavy atom. The van der Waals surface area contributed by atoms with E-state index in [9.17, 15) is 0 Å². The van der Waals surface area contributed by atoms with Gasteiger partial charge in [0, 0.05) is 22.0 Å². The molecular formula is C19H17N5S. The summed E-state index contributed by atoms with van der Waals surface area (Å²) in [6.07, 6.45) is 4.00. The molecule has 1 unspecified atom stereocenters. The molecule has 0 saturated carbocycles. The van der Waals surface area contributed by atoms with Crippen LogP contribution in [0.4, 0.5) is 0 Å². The van der Waals surface area contributed by atoms with Gasteiger partial charge in [-0.1, -0.05) is 0 Å². The molecule has 4 N–H and O–H groups in total. The average molecular weight is 347 g/mol. The largest absolute Gasteiger partial charge is 0.361 e. The smallest absolute Gasteiger partial charge is 0.128 e. The normalized spacial score (nSPS) is 12.6. The summed E-state index contributed by atoms with van der Waals surface area (Å²) < 4.78 is 0. The Kier molecular flexibility index (Phi) is 3.75. The summed E-state index contributed by atoms with van der Waals surface area (Å²) in [7, 11) is 0. The van der Waals surface area contributed by atoms with Crippen LogP contribution in [0, 0.1) is 18.3 Å². The SMILES string of the molecule is CSc1cc(C)c2[nH]ccc2c1C(N)c1nc2cc(C#N)ccc2[nH]1. The quantitative estimate of drug-likeness (QED) is 0.488. The molecule has 2 heterocycles. The highest BCUT2D eigenvalue weighted by molar-refractivity contribution is 7.98. The van der Waals surface area contributed by atoms with E-state index < -0.39 is 0 Å². The zero-order valence-corrected chi connectivity index (χ0v) is 14.7. The lowest BCUT2D eigenvalue weighted by atomic mass is 10.00. The summed E-state index contributed by atoms with van der Waals surface area (Å²) in [5.74, 6) is 0.701. The molecule has 0 bridgehead atoms. The van der Waals surface area contributed by atoms with Gasteiger partial charge in [0.05, 0.1) is 28.7 Å². The molecule has 0 fully saturated rings. The zero-order valence-electron chi connectivity index (χ0n) is 13.9. The van der Waals surface area contributed by atoms with Gasteiger partial charge in [-0.3, -0.25) is 0 Å². The molecule has 124 valence electrons. The summed E-state index contributed by atoms with van der Waals surface area (Å²) in [5, 5.41) is 10.2. The van der Waals surface area contributed by atoms with E-state index in [1.165, 1.54) is 5.56 Å². The molecule has 6 heteroatoms. The molecule has 0 aliphatic carbocycles.